The number of aromatic nitrogens is 2. The van der Waals surface area contributed by atoms with Gasteiger partial charge in [-0.05, 0) is 26.0 Å². The molecule has 136 valence electrons. The van der Waals surface area contributed by atoms with Gasteiger partial charge in [0.05, 0.1) is 31.7 Å². The van der Waals surface area contributed by atoms with Crippen LogP contribution in [0.1, 0.15) is 30.2 Å². The molecule has 0 amide bonds. The number of sulfonamides is 1. The number of hydrogen-bond acceptors (Lipinski definition) is 6. The lowest BCUT2D eigenvalue weighted by Gasteiger charge is -2.15. The third-order valence-electron chi connectivity index (χ3n) is 3.39. The maximum Gasteiger partial charge on any atom is 0.335 e. The zero-order valence-electron chi connectivity index (χ0n) is 14.2. The van der Waals surface area contributed by atoms with E-state index in [1.165, 1.54) is 37.4 Å². The van der Waals surface area contributed by atoms with Gasteiger partial charge in [-0.15, -0.1) is 0 Å². The summed E-state index contributed by atoms with van der Waals surface area (Å²) in [5.74, 6) is -1.06. The van der Waals surface area contributed by atoms with Gasteiger partial charge in [-0.1, -0.05) is 0 Å². The van der Waals surface area contributed by atoms with Crippen LogP contribution in [-0.2, 0) is 10.0 Å². The maximum absolute atomic E-state index is 12.6. The van der Waals surface area contributed by atoms with Crippen molar-refractivity contribution in [2.24, 2.45) is 0 Å². The Hall–Kier alpha value is -2.75. The number of benzene rings is 1. The van der Waals surface area contributed by atoms with Gasteiger partial charge in [0.1, 0.15) is 4.90 Å². The number of nitrogens with zero attached hydrogens (tertiary/aromatic N) is 2. The number of rotatable bonds is 7. The molecule has 2 N–H and O–H groups in total. The molecule has 0 fully saturated rings. The fourth-order valence-electron chi connectivity index (χ4n) is 2.11. The van der Waals surface area contributed by atoms with E-state index in [-0.39, 0.29) is 33.7 Å². The molecule has 1 aromatic heterocycles. The lowest BCUT2D eigenvalue weighted by Crippen LogP contribution is -2.14. The quantitative estimate of drug-likeness (QED) is 0.765. The zero-order valence-corrected chi connectivity index (χ0v) is 15.0. The van der Waals surface area contributed by atoms with E-state index < -0.39 is 16.0 Å². The Morgan fingerprint density at radius 2 is 1.96 bits per heavy atom. The van der Waals surface area contributed by atoms with Crippen LogP contribution in [0.4, 0.5) is 5.69 Å². The minimum atomic E-state index is -3.99. The van der Waals surface area contributed by atoms with Gasteiger partial charge >= 0.3 is 5.97 Å². The lowest BCUT2D eigenvalue weighted by molar-refractivity contribution is 0.0696. The van der Waals surface area contributed by atoms with E-state index in [0.717, 1.165) is 6.07 Å². The Labute approximate surface area is 145 Å². The number of ether oxygens (including phenoxy) is 2. The van der Waals surface area contributed by atoms with E-state index in [9.17, 15) is 18.3 Å². The second kappa shape index (κ2) is 7.01. The van der Waals surface area contributed by atoms with Gasteiger partial charge in [0.25, 0.3) is 10.0 Å². The van der Waals surface area contributed by atoms with E-state index in [1.54, 1.807) is 0 Å². The van der Waals surface area contributed by atoms with Crippen molar-refractivity contribution in [2.45, 2.75) is 24.8 Å². The van der Waals surface area contributed by atoms with Crippen molar-refractivity contribution in [1.29, 1.82) is 0 Å². The Morgan fingerprint density at radius 1 is 1.28 bits per heavy atom. The average Bonchev–Trinajstić information content (AvgIpc) is 3.04. The van der Waals surface area contributed by atoms with Crippen molar-refractivity contribution in [3.8, 4) is 11.5 Å². The normalized spacial score (nSPS) is 11.4. The zero-order chi connectivity index (χ0) is 18.8. The summed E-state index contributed by atoms with van der Waals surface area (Å²) in [5, 5.41) is 13.2. The summed E-state index contributed by atoms with van der Waals surface area (Å²) < 4.78 is 39.2. The van der Waals surface area contributed by atoms with Crippen molar-refractivity contribution in [3.05, 3.63) is 30.1 Å². The summed E-state index contributed by atoms with van der Waals surface area (Å²) in [4.78, 5) is 11.2. The van der Waals surface area contributed by atoms with Crippen LogP contribution in [0.15, 0.2) is 29.4 Å². The van der Waals surface area contributed by atoms with Crippen LogP contribution in [-0.4, -0.2) is 43.5 Å². The van der Waals surface area contributed by atoms with Crippen LogP contribution in [0, 0.1) is 0 Å². The number of hydrogen-bond donors (Lipinski definition) is 2. The summed E-state index contributed by atoms with van der Waals surface area (Å²) in [7, 11) is -1.33. The van der Waals surface area contributed by atoms with E-state index in [4.69, 9.17) is 9.47 Å². The topological polar surface area (TPSA) is 120 Å². The van der Waals surface area contributed by atoms with Crippen molar-refractivity contribution in [2.75, 3.05) is 18.9 Å². The fraction of sp³-hybridized carbons (Fsp3) is 0.333. The van der Waals surface area contributed by atoms with Crippen LogP contribution < -0.4 is 14.2 Å². The number of carboxylic acids is 1. The molecule has 0 saturated heterocycles. The molecule has 0 saturated carbocycles. The van der Waals surface area contributed by atoms with Gasteiger partial charge in [0.2, 0.25) is 0 Å². The number of carboxylic acid groups (broad SMARTS) is 1. The lowest BCUT2D eigenvalue weighted by atomic mass is 10.1. The van der Waals surface area contributed by atoms with Crippen molar-refractivity contribution < 1.29 is 27.8 Å². The highest BCUT2D eigenvalue weighted by Gasteiger charge is 2.23. The van der Waals surface area contributed by atoms with Crippen LogP contribution in [0.3, 0.4) is 0 Å². The molecule has 10 heteroatoms. The number of anilines is 1. The summed E-state index contributed by atoms with van der Waals surface area (Å²) in [6.45, 7) is 3.72. The SMILES string of the molecule is COc1cc(C(=O)O)cc(NS(=O)(=O)c2cnn(C(C)C)c2)c1OC. The third kappa shape index (κ3) is 3.85. The summed E-state index contributed by atoms with van der Waals surface area (Å²) in [6, 6.07) is 2.40. The summed E-state index contributed by atoms with van der Waals surface area (Å²) in [5.41, 5.74) is -0.190. The smallest absolute Gasteiger partial charge is 0.335 e. The van der Waals surface area contributed by atoms with Crippen LogP contribution in [0.2, 0.25) is 0 Å². The third-order valence-corrected chi connectivity index (χ3v) is 4.71. The molecule has 0 aliphatic heterocycles. The molecular formula is C15H19N3O6S. The maximum atomic E-state index is 12.6. The second-order valence-electron chi connectivity index (χ2n) is 5.42. The molecule has 9 nitrogen and oxygen atoms in total. The van der Waals surface area contributed by atoms with Gasteiger partial charge in [0, 0.05) is 12.2 Å². The minimum absolute atomic E-state index is 0.00563. The van der Waals surface area contributed by atoms with Gasteiger partial charge in [-0.3, -0.25) is 9.40 Å². The molecule has 0 aliphatic rings. The fourth-order valence-corrected chi connectivity index (χ4v) is 3.10. The predicted molar refractivity (Wildman–Crippen MR) is 89.9 cm³/mol. The first kappa shape index (κ1) is 18.6. The first-order valence-electron chi connectivity index (χ1n) is 7.26. The van der Waals surface area contributed by atoms with E-state index in [1.807, 2.05) is 13.8 Å². The van der Waals surface area contributed by atoms with Gasteiger partial charge < -0.3 is 14.6 Å². The standard InChI is InChI=1S/C15H19N3O6S/c1-9(2)18-8-11(7-16-18)25(21,22)17-12-5-10(15(19)20)6-13(23-3)14(12)24-4/h5-9,17H,1-4H3,(H,19,20). The summed E-state index contributed by atoms with van der Waals surface area (Å²) >= 11 is 0. The molecule has 1 aromatic carbocycles. The highest BCUT2D eigenvalue weighted by Crippen LogP contribution is 2.37. The highest BCUT2D eigenvalue weighted by atomic mass is 32.2. The Balaban J connectivity index is 2.49. The van der Waals surface area contributed by atoms with Crippen molar-refractivity contribution in [3.63, 3.8) is 0 Å². The first-order valence-corrected chi connectivity index (χ1v) is 8.74. The number of nitrogens with one attached hydrogen (secondary N) is 1. The molecule has 0 bridgehead atoms. The Morgan fingerprint density at radius 3 is 2.44 bits per heavy atom. The molecule has 0 aliphatic carbocycles. The van der Waals surface area contributed by atoms with Crippen LogP contribution in [0.25, 0.3) is 0 Å². The second-order valence-corrected chi connectivity index (χ2v) is 7.10. The van der Waals surface area contributed by atoms with Crippen molar-refractivity contribution in [1.82, 2.24) is 9.78 Å². The Bertz CT molecular complexity index is 889. The van der Waals surface area contributed by atoms with Crippen molar-refractivity contribution >= 4 is 21.7 Å². The van der Waals surface area contributed by atoms with E-state index in [0.29, 0.717) is 0 Å². The minimum Gasteiger partial charge on any atom is -0.493 e. The first-order chi connectivity index (χ1) is 11.7. The van der Waals surface area contributed by atoms with E-state index in [2.05, 4.69) is 9.82 Å². The van der Waals surface area contributed by atoms with Crippen LogP contribution in [0.5, 0.6) is 11.5 Å². The molecule has 0 spiro atoms. The largest absolute Gasteiger partial charge is 0.493 e. The molecule has 25 heavy (non-hydrogen) atoms. The molecule has 0 unspecified atom stereocenters. The monoisotopic (exact) mass is 369 g/mol. The van der Waals surface area contributed by atoms with E-state index >= 15 is 0 Å². The molecule has 0 radical (unpaired) electrons. The number of methoxy groups -OCH3 is 2. The van der Waals surface area contributed by atoms with Crippen LogP contribution >= 0.6 is 0 Å². The average molecular weight is 369 g/mol. The molecular weight excluding hydrogens is 350 g/mol. The van der Waals surface area contributed by atoms with Gasteiger partial charge in [0.15, 0.2) is 11.5 Å². The number of aromatic carboxylic acids is 1. The van der Waals surface area contributed by atoms with Gasteiger partial charge in [-0.25, -0.2) is 13.2 Å². The van der Waals surface area contributed by atoms with Gasteiger partial charge in [-0.2, -0.15) is 5.10 Å². The summed E-state index contributed by atoms with van der Waals surface area (Å²) in [6.07, 6.45) is 2.60. The predicted octanol–water partition coefficient (Wildman–Crippen LogP) is 1.98. The Kier molecular flexibility index (Phi) is 5.21. The molecule has 0 atom stereocenters. The molecule has 2 aromatic rings. The highest BCUT2D eigenvalue weighted by molar-refractivity contribution is 7.92. The molecule has 2 rings (SSSR count). The number of carbonyl (C=O) groups is 1. The molecule has 1 heterocycles.